The number of thioether (sulfide) groups is 1. The molecule has 1 aromatic rings. The van der Waals surface area contributed by atoms with Gasteiger partial charge in [0.25, 0.3) is 0 Å². The van der Waals surface area contributed by atoms with Crippen LogP contribution in [0.3, 0.4) is 0 Å². The molecule has 0 saturated carbocycles. The number of carbonyl (C=O) groups excluding carboxylic acids is 1. The summed E-state index contributed by atoms with van der Waals surface area (Å²) in [5, 5.41) is 0. The van der Waals surface area contributed by atoms with Crippen LogP contribution in [0.4, 0.5) is 13.2 Å². The highest BCUT2D eigenvalue weighted by Gasteiger charge is 2.29. The molecular formula is C10H10F3NO2S. The maximum Gasteiger partial charge on any atom is 0.446 e. The summed E-state index contributed by atoms with van der Waals surface area (Å²) in [5.74, 6) is -0.638. The highest BCUT2D eigenvalue weighted by atomic mass is 32.2. The van der Waals surface area contributed by atoms with Crippen LogP contribution in [0, 0.1) is 0 Å². The van der Waals surface area contributed by atoms with Crippen LogP contribution in [0.5, 0.6) is 0 Å². The van der Waals surface area contributed by atoms with Gasteiger partial charge < -0.3 is 10.5 Å². The van der Waals surface area contributed by atoms with E-state index in [0.717, 1.165) is 0 Å². The first-order valence-electron chi connectivity index (χ1n) is 4.52. The van der Waals surface area contributed by atoms with E-state index in [0.29, 0.717) is 5.56 Å². The van der Waals surface area contributed by atoms with Gasteiger partial charge in [0.1, 0.15) is 6.04 Å². The number of alkyl halides is 3. The summed E-state index contributed by atoms with van der Waals surface area (Å²) in [5.41, 5.74) is 1.60. The average molecular weight is 265 g/mol. The Balaban J connectivity index is 2.78. The first-order valence-corrected chi connectivity index (χ1v) is 5.34. The predicted molar refractivity (Wildman–Crippen MR) is 57.3 cm³/mol. The van der Waals surface area contributed by atoms with Gasteiger partial charge in [-0.25, -0.2) is 0 Å². The Kier molecular flexibility index (Phi) is 4.41. The minimum Gasteiger partial charge on any atom is -0.468 e. The van der Waals surface area contributed by atoms with Gasteiger partial charge in [-0.2, -0.15) is 13.2 Å². The number of methoxy groups -OCH3 is 1. The Morgan fingerprint density at radius 2 is 1.88 bits per heavy atom. The molecule has 0 radical (unpaired) electrons. The van der Waals surface area contributed by atoms with Gasteiger partial charge in [-0.15, -0.1) is 0 Å². The predicted octanol–water partition coefficient (Wildman–Crippen LogP) is 2.47. The van der Waals surface area contributed by atoms with Crippen LogP contribution in [0.15, 0.2) is 29.2 Å². The molecule has 0 bridgehead atoms. The summed E-state index contributed by atoms with van der Waals surface area (Å²) in [6.07, 6.45) is 0. The zero-order valence-electron chi connectivity index (χ0n) is 8.82. The molecule has 7 heteroatoms. The summed E-state index contributed by atoms with van der Waals surface area (Å²) in [6.45, 7) is 0. The fourth-order valence-electron chi connectivity index (χ4n) is 1.14. The summed E-state index contributed by atoms with van der Waals surface area (Å²) >= 11 is -0.222. The molecule has 0 saturated heterocycles. The Morgan fingerprint density at radius 1 is 1.35 bits per heavy atom. The second kappa shape index (κ2) is 5.42. The van der Waals surface area contributed by atoms with Gasteiger partial charge in [-0.05, 0) is 29.5 Å². The van der Waals surface area contributed by atoms with E-state index in [9.17, 15) is 18.0 Å². The van der Waals surface area contributed by atoms with Crippen LogP contribution >= 0.6 is 11.8 Å². The third-order valence-corrected chi connectivity index (χ3v) is 2.67. The molecule has 0 aromatic heterocycles. The second-order valence-electron chi connectivity index (χ2n) is 3.12. The van der Waals surface area contributed by atoms with Crippen molar-refractivity contribution in [3.8, 4) is 0 Å². The lowest BCUT2D eigenvalue weighted by atomic mass is 10.1. The van der Waals surface area contributed by atoms with Gasteiger partial charge in [-0.3, -0.25) is 4.79 Å². The smallest absolute Gasteiger partial charge is 0.446 e. The molecule has 1 rings (SSSR count). The number of carbonyl (C=O) groups is 1. The van der Waals surface area contributed by atoms with Crippen LogP contribution in [0.2, 0.25) is 0 Å². The van der Waals surface area contributed by atoms with E-state index in [2.05, 4.69) is 4.74 Å². The molecule has 0 spiro atoms. The van der Waals surface area contributed by atoms with Crippen molar-refractivity contribution in [2.45, 2.75) is 16.4 Å². The van der Waals surface area contributed by atoms with Crippen molar-refractivity contribution >= 4 is 17.7 Å². The quantitative estimate of drug-likeness (QED) is 0.673. The van der Waals surface area contributed by atoms with Crippen molar-refractivity contribution in [1.82, 2.24) is 0 Å². The average Bonchev–Trinajstić information content (AvgIpc) is 2.26. The van der Waals surface area contributed by atoms with E-state index in [4.69, 9.17) is 5.73 Å². The first-order chi connectivity index (χ1) is 7.83. The van der Waals surface area contributed by atoms with Crippen molar-refractivity contribution in [3.05, 3.63) is 29.8 Å². The molecule has 0 amide bonds. The highest BCUT2D eigenvalue weighted by Crippen LogP contribution is 2.36. The van der Waals surface area contributed by atoms with Crippen molar-refractivity contribution in [3.63, 3.8) is 0 Å². The zero-order valence-corrected chi connectivity index (χ0v) is 9.64. The Hall–Kier alpha value is -1.21. The van der Waals surface area contributed by atoms with Crippen LogP contribution in [0.1, 0.15) is 11.6 Å². The van der Waals surface area contributed by atoms with Crippen LogP contribution < -0.4 is 5.73 Å². The molecule has 0 aliphatic heterocycles. The summed E-state index contributed by atoms with van der Waals surface area (Å²) in [7, 11) is 1.19. The van der Waals surface area contributed by atoms with Gasteiger partial charge in [0.05, 0.1) is 7.11 Å². The lowest BCUT2D eigenvalue weighted by Gasteiger charge is -2.10. The molecular weight excluding hydrogens is 255 g/mol. The molecule has 0 aliphatic carbocycles. The largest absolute Gasteiger partial charge is 0.468 e. The molecule has 1 aromatic carbocycles. The molecule has 0 heterocycles. The molecule has 1 unspecified atom stereocenters. The van der Waals surface area contributed by atoms with Crippen molar-refractivity contribution in [1.29, 1.82) is 0 Å². The summed E-state index contributed by atoms with van der Waals surface area (Å²) < 4.78 is 40.6. The van der Waals surface area contributed by atoms with Crippen LogP contribution in [0.25, 0.3) is 0 Å². The van der Waals surface area contributed by atoms with Gasteiger partial charge >= 0.3 is 11.5 Å². The number of esters is 1. The van der Waals surface area contributed by atoms with Crippen molar-refractivity contribution in [2.24, 2.45) is 5.73 Å². The zero-order chi connectivity index (χ0) is 13.1. The SMILES string of the molecule is COC(=O)C(N)c1ccc(SC(F)(F)F)cc1. The summed E-state index contributed by atoms with van der Waals surface area (Å²) in [6, 6.07) is 4.28. The van der Waals surface area contributed by atoms with Crippen LogP contribution in [-0.2, 0) is 9.53 Å². The van der Waals surface area contributed by atoms with Gasteiger partial charge in [0.2, 0.25) is 0 Å². The molecule has 17 heavy (non-hydrogen) atoms. The standard InChI is InChI=1S/C10H10F3NO2S/c1-16-9(15)8(14)6-2-4-7(5-3-6)17-10(11,12)13/h2-5,8H,14H2,1H3. The monoisotopic (exact) mass is 265 g/mol. The molecule has 1 atom stereocenters. The van der Waals surface area contributed by atoms with E-state index in [1.54, 1.807) is 0 Å². The van der Waals surface area contributed by atoms with Gasteiger partial charge in [0.15, 0.2) is 0 Å². The number of rotatable bonds is 3. The highest BCUT2D eigenvalue weighted by molar-refractivity contribution is 8.00. The summed E-state index contributed by atoms with van der Waals surface area (Å²) in [4.78, 5) is 11.1. The topological polar surface area (TPSA) is 52.3 Å². The van der Waals surface area contributed by atoms with E-state index in [-0.39, 0.29) is 16.7 Å². The van der Waals surface area contributed by atoms with E-state index < -0.39 is 17.5 Å². The van der Waals surface area contributed by atoms with Crippen molar-refractivity contribution < 1.29 is 22.7 Å². The lowest BCUT2D eigenvalue weighted by molar-refractivity contribution is -0.142. The number of hydrogen-bond donors (Lipinski definition) is 1. The van der Waals surface area contributed by atoms with Crippen molar-refractivity contribution in [2.75, 3.05) is 7.11 Å². The number of nitrogens with two attached hydrogens (primary N) is 1. The normalized spacial score (nSPS) is 13.2. The third-order valence-electron chi connectivity index (χ3n) is 1.93. The fourth-order valence-corrected chi connectivity index (χ4v) is 1.68. The Labute approximate surface area is 100 Å². The maximum absolute atomic E-state index is 12.0. The van der Waals surface area contributed by atoms with Gasteiger partial charge in [0, 0.05) is 4.90 Å². The maximum atomic E-state index is 12.0. The third kappa shape index (κ3) is 4.27. The van der Waals surface area contributed by atoms with E-state index >= 15 is 0 Å². The lowest BCUT2D eigenvalue weighted by Crippen LogP contribution is -2.22. The number of hydrogen-bond acceptors (Lipinski definition) is 4. The number of benzene rings is 1. The van der Waals surface area contributed by atoms with Crippen LogP contribution in [-0.4, -0.2) is 18.6 Å². The molecule has 3 nitrogen and oxygen atoms in total. The second-order valence-corrected chi connectivity index (χ2v) is 4.26. The van der Waals surface area contributed by atoms with Gasteiger partial charge in [-0.1, -0.05) is 12.1 Å². The minimum absolute atomic E-state index is 0.0401. The molecule has 94 valence electrons. The first kappa shape index (κ1) is 13.9. The minimum atomic E-state index is -4.33. The van der Waals surface area contributed by atoms with E-state index in [1.807, 2.05) is 0 Å². The Morgan fingerprint density at radius 3 is 2.29 bits per heavy atom. The molecule has 0 fully saturated rings. The number of ether oxygens (including phenoxy) is 1. The molecule has 2 N–H and O–H groups in total. The van der Waals surface area contributed by atoms with E-state index in [1.165, 1.54) is 31.4 Å². The number of halogens is 3. The fraction of sp³-hybridized carbons (Fsp3) is 0.300. The Bertz CT molecular complexity index is 392. The molecule has 0 aliphatic rings.